The second-order valence-electron chi connectivity index (χ2n) is 5.70. The molecule has 0 aromatic carbocycles. The van der Waals surface area contributed by atoms with E-state index in [1.165, 1.54) is 6.42 Å². The molecule has 1 heterocycles. The minimum absolute atomic E-state index is 0.513. The van der Waals surface area contributed by atoms with Gasteiger partial charge in [-0.15, -0.1) is 0 Å². The van der Waals surface area contributed by atoms with Crippen LogP contribution in [-0.4, -0.2) is 23.2 Å². The third-order valence-electron chi connectivity index (χ3n) is 4.34. The van der Waals surface area contributed by atoms with Gasteiger partial charge in [0.1, 0.15) is 0 Å². The first-order chi connectivity index (χ1) is 9.68. The minimum Gasteiger partial charge on any atom is -0.481 e. The van der Waals surface area contributed by atoms with Gasteiger partial charge < -0.3 is 9.84 Å². The Morgan fingerprint density at radius 1 is 1.30 bits per heavy atom. The molecule has 1 N–H and O–H groups in total. The highest BCUT2D eigenvalue weighted by molar-refractivity contribution is 5.75. The predicted molar refractivity (Wildman–Crippen MR) is 76.9 cm³/mol. The number of nitrogens with zero attached hydrogens (tertiary/aromatic N) is 1. The van der Waals surface area contributed by atoms with Crippen molar-refractivity contribution in [3.8, 4) is 5.88 Å². The molecule has 0 radical (unpaired) electrons. The Balaban J connectivity index is 2.25. The number of carboxylic acids is 1. The van der Waals surface area contributed by atoms with Gasteiger partial charge in [-0.1, -0.05) is 38.2 Å². The molecule has 0 amide bonds. The number of pyridine rings is 1. The van der Waals surface area contributed by atoms with E-state index in [4.69, 9.17) is 4.74 Å². The molecule has 1 fully saturated rings. The van der Waals surface area contributed by atoms with Crippen LogP contribution in [-0.2, 0) is 11.2 Å². The Kier molecular flexibility index (Phi) is 4.99. The fourth-order valence-electron chi connectivity index (χ4n) is 3.16. The van der Waals surface area contributed by atoms with Crippen LogP contribution < -0.4 is 4.74 Å². The molecule has 0 spiro atoms. The third-order valence-corrected chi connectivity index (χ3v) is 4.34. The second kappa shape index (κ2) is 6.73. The lowest BCUT2D eigenvalue weighted by Crippen LogP contribution is -2.34. The zero-order chi connectivity index (χ0) is 14.4. The summed E-state index contributed by atoms with van der Waals surface area (Å²) in [6, 6.07) is 3.77. The Labute approximate surface area is 120 Å². The molecule has 1 aromatic rings. The van der Waals surface area contributed by atoms with Gasteiger partial charge in [0.05, 0.1) is 12.5 Å². The molecule has 2 rings (SSSR count). The lowest BCUT2D eigenvalue weighted by Gasteiger charge is -2.31. The quantitative estimate of drug-likeness (QED) is 0.915. The van der Waals surface area contributed by atoms with Crippen LogP contribution in [0.25, 0.3) is 0 Å². The number of aromatic nitrogens is 1. The summed E-state index contributed by atoms with van der Waals surface area (Å²) >= 11 is 0. The zero-order valence-corrected chi connectivity index (χ0v) is 12.1. The van der Waals surface area contributed by atoms with Crippen molar-refractivity contribution < 1.29 is 14.6 Å². The van der Waals surface area contributed by atoms with E-state index in [2.05, 4.69) is 4.98 Å². The molecule has 110 valence electrons. The molecule has 4 nitrogen and oxygen atoms in total. The molecular formula is C16H23NO3. The molecule has 0 saturated heterocycles. The second-order valence-corrected chi connectivity index (χ2v) is 5.70. The maximum absolute atomic E-state index is 11.9. The van der Waals surface area contributed by atoms with Crippen molar-refractivity contribution in [3.63, 3.8) is 0 Å². The first-order valence-corrected chi connectivity index (χ1v) is 7.39. The molecule has 0 bridgehead atoms. The maximum atomic E-state index is 11.9. The van der Waals surface area contributed by atoms with Crippen molar-refractivity contribution in [2.24, 2.45) is 5.41 Å². The van der Waals surface area contributed by atoms with Gasteiger partial charge in [-0.25, -0.2) is 4.98 Å². The fraction of sp³-hybridized carbons (Fsp3) is 0.625. The number of carbonyl (C=O) groups is 1. The van der Waals surface area contributed by atoms with Gasteiger partial charge in [0.25, 0.3) is 0 Å². The Morgan fingerprint density at radius 2 is 1.95 bits per heavy atom. The van der Waals surface area contributed by atoms with Gasteiger partial charge in [0, 0.05) is 11.8 Å². The van der Waals surface area contributed by atoms with Crippen molar-refractivity contribution in [2.75, 3.05) is 7.11 Å². The molecule has 4 heteroatoms. The summed E-state index contributed by atoms with van der Waals surface area (Å²) in [7, 11) is 1.58. The lowest BCUT2D eigenvalue weighted by molar-refractivity contribution is -0.150. The maximum Gasteiger partial charge on any atom is 0.309 e. The van der Waals surface area contributed by atoms with Crippen LogP contribution in [0, 0.1) is 5.41 Å². The zero-order valence-electron chi connectivity index (χ0n) is 12.1. The fourth-order valence-corrected chi connectivity index (χ4v) is 3.16. The summed E-state index contributed by atoms with van der Waals surface area (Å²) in [6.45, 7) is 0. The normalized spacial score (nSPS) is 18.9. The molecule has 1 saturated carbocycles. The van der Waals surface area contributed by atoms with E-state index in [1.54, 1.807) is 13.3 Å². The Bertz CT molecular complexity index is 451. The highest BCUT2D eigenvalue weighted by Gasteiger charge is 2.38. The van der Waals surface area contributed by atoms with Crippen molar-refractivity contribution in [2.45, 2.75) is 51.4 Å². The summed E-state index contributed by atoms with van der Waals surface area (Å²) in [4.78, 5) is 16.1. The number of ether oxygens (including phenoxy) is 1. The highest BCUT2D eigenvalue weighted by Crippen LogP contribution is 2.39. The Morgan fingerprint density at radius 3 is 2.55 bits per heavy atom. The van der Waals surface area contributed by atoms with Gasteiger partial charge in [-0.3, -0.25) is 4.79 Å². The predicted octanol–water partition coefficient (Wildman–Crippen LogP) is 3.45. The molecule has 20 heavy (non-hydrogen) atoms. The van der Waals surface area contributed by atoms with E-state index in [1.807, 2.05) is 12.1 Å². The molecule has 1 aliphatic carbocycles. The number of aliphatic carboxylic acids is 1. The van der Waals surface area contributed by atoms with E-state index >= 15 is 0 Å². The molecule has 1 aliphatic rings. The van der Waals surface area contributed by atoms with E-state index < -0.39 is 11.4 Å². The number of carboxylic acid groups (broad SMARTS) is 1. The molecule has 0 unspecified atom stereocenters. The lowest BCUT2D eigenvalue weighted by atomic mass is 9.72. The van der Waals surface area contributed by atoms with Crippen LogP contribution in [0.5, 0.6) is 5.88 Å². The Hall–Kier alpha value is -1.58. The van der Waals surface area contributed by atoms with Crippen LogP contribution in [0.15, 0.2) is 18.3 Å². The standard InChI is InChI=1S/C16H23NO3/c1-20-14-13(8-7-11-17-14)12-16(15(18)19)9-5-3-2-4-6-10-16/h7-8,11H,2-6,9-10,12H2,1H3,(H,18,19). The molecule has 0 atom stereocenters. The third kappa shape index (κ3) is 3.30. The van der Waals surface area contributed by atoms with Crippen LogP contribution in [0.2, 0.25) is 0 Å². The summed E-state index contributed by atoms with van der Waals surface area (Å²) in [5, 5.41) is 9.77. The van der Waals surface area contributed by atoms with Crippen LogP contribution in [0.1, 0.15) is 50.5 Å². The highest BCUT2D eigenvalue weighted by atomic mass is 16.5. The minimum atomic E-state index is -0.676. The number of hydrogen-bond acceptors (Lipinski definition) is 3. The van der Waals surface area contributed by atoms with Gasteiger partial charge in [0.2, 0.25) is 5.88 Å². The summed E-state index contributed by atoms with van der Waals surface area (Å²) < 4.78 is 5.26. The number of methoxy groups -OCH3 is 1. The summed E-state index contributed by atoms with van der Waals surface area (Å²) in [5.41, 5.74) is 0.245. The van der Waals surface area contributed by atoms with E-state index in [9.17, 15) is 9.90 Å². The largest absolute Gasteiger partial charge is 0.481 e. The van der Waals surface area contributed by atoms with Crippen molar-refractivity contribution in [1.82, 2.24) is 4.98 Å². The molecule has 1 aromatic heterocycles. The van der Waals surface area contributed by atoms with E-state index in [0.29, 0.717) is 12.3 Å². The van der Waals surface area contributed by atoms with E-state index in [-0.39, 0.29) is 0 Å². The average molecular weight is 277 g/mol. The molecule has 0 aliphatic heterocycles. The number of hydrogen-bond donors (Lipinski definition) is 1. The smallest absolute Gasteiger partial charge is 0.309 e. The summed E-state index contributed by atoms with van der Waals surface area (Å²) in [5.74, 6) is -0.125. The van der Waals surface area contributed by atoms with Crippen LogP contribution in [0.4, 0.5) is 0 Å². The average Bonchev–Trinajstić information content (AvgIpc) is 2.42. The van der Waals surface area contributed by atoms with Crippen LogP contribution in [0.3, 0.4) is 0 Å². The first kappa shape index (κ1) is 14.8. The van der Waals surface area contributed by atoms with Gasteiger partial charge in [-0.05, 0) is 25.3 Å². The molecular weight excluding hydrogens is 254 g/mol. The van der Waals surface area contributed by atoms with E-state index in [0.717, 1.165) is 44.1 Å². The first-order valence-electron chi connectivity index (χ1n) is 7.39. The van der Waals surface area contributed by atoms with Crippen molar-refractivity contribution >= 4 is 5.97 Å². The van der Waals surface area contributed by atoms with Gasteiger partial charge in [-0.2, -0.15) is 0 Å². The topological polar surface area (TPSA) is 59.4 Å². The summed E-state index contributed by atoms with van der Waals surface area (Å²) in [6.07, 6.45) is 9.18. The monoisotopic (exact) mass is 277 g/mol. The SMILES string of the molecule is COc1ncccc1CC1(C(=O)O)CCCCCCC1. The van der Waals surface area contributed by atoms with Crippen molar-refractivity contribution in [1.29, 1.82) is 0 Å². The van der Waals surface area contributed by atoms with Gasteiger partial charge in [0.15, 0.2) is 0 Å². The number of rotatable bonds is 4. The van der Waals surface area contributed by atoms with Gasteiger partial charge >= 0.3 is 5.97 Å². The van der Waals surface area contributed by atoms with Crippen LogP contribution >= 0.6 is 0 Å². The van der Waals surface area contributed by atoms with Crippen molar-refractivity contribution in [3.05, 3.63) is 23.9 Å².